The number of anilines is 2. The SMILES string of the molecule is COc1cccc(CC(=O)C(c2cccc(NC(=O)Nc3cc(C(C)(C)C)nn3-c3ccc(C)cc3)c2)C2CCNCC2)c1. The van der Waals surface area contributed by atoms with Gasteiger partial charge in [0.25, 0.3) is 0 Å². The van der Waals surface area contributed by atoms with Gasteiger partial charge < -0.3 is 15.4 Å². The van der Waals surface area contributed by atoms with Crippen LogP contribution >= 0.6 is 0 Å². The molecule has 44 heavy (non-hydrogen) atoms. The smallest absolute Gasteiger partial charge is 0.324 e. The largest absolute Gasteiger partial charge is 0.497 e. The first-order valence-electron chi connectivity index (χ1n) is 15.3. The first-order valence-corrected chi connectivity index (χ1v) is 15.3. The van der Waals surface area contributed by atoms with Crippen molar-refractivity contribution >= 4 is 23.3 Å². The number of amides is 2. The number of aryl methyl sites for hydroxylation is 1. The molecule has 0 saturated carbocycles. The standard InChI is InChI=1S/C36H43N5O3/c1-24-12-14-29(15-13-24)41-33(23-32(40-41)36(2,3)4)39-35(43)38-28-10-7-9-27(22-28)34(26-16-18-37-19-17-26)31(42)21-25-8-6-11-30(20-25)44-5/h6-15,20,22-23,26,34,37H,16-19,21H2,1-5H3,(H2,38,39,43). The van der Waals surface area contributed by atoms with Crippen LogP contribution in [0, 0.1) is 12.8 Å². The van der Waals surface area contributed by atoms with Crippen LogP contribution in [0.15, 0.2) is 78.9 Å². The third kappa shape index (κ3) is 7.55. The van der Waals surface area contributed by atoms with E-state index in [0.29, 0.717) is 17.9 Å². The minimum absolute atomic E-state index is 0.170. The van der Waals surface area contributed by atoms with Crippen LogP contribution in [0.5, 0.6) is 5.75 Å². The van der Waals surface area contributed by atoms with Gasteiger partial charge in [0.05, 0.1) is 18.5 Å². The number of ether oxygens (including phenoxy) is 1. The molecule has 8 nitrogen and oxygen atoms in total. The van der Waals surface area contributed by atoms with Gasteiger partial charge in [0.15, 0.2) is 0 Å². The van der Waals surface area contributed by atoms with Crippen LogP contribution in [0.4, 0.5) is 16.3 Å². The quantitative estimate of drug-likeness (QED) is 0.194. The Kier molecular flexibility index (Phi) is 9.49. The molecular weight excluding hydrogens is 550 g/mol. The average molecular weight is 594 g/mol. The highest BCUT2D eigenvalue weighted by Crippen LogP contribution is 2.34. The zero-order valence-electron chi connectivity index (χ0n) is 26.3. The lowest BCUT2D eigenvalue weighted by Crippen LogP contribution is -2.34. The van der Waals surface area contributed by atoms with Crippen molar-refractivity contribution in [3.05, 3.63) is 101 Å². The first kappa shape index (κ1) is 31.0. The Labute approximate surface area is 260 Å². The lowest BCUT2D eigenvalue weighted by molar-refractivity contribution is -0.121. The van der Waals surface area contributed by atoms with E-state index in [1.807, 2.05) is 85.8 Å². The predicted octanol–water partition coefficient (Wildman–Crippen LogP) is 7.03. The van der Waals surface area contributed by atoms with Crippen LogP contribution in [0.1, 0.15) is 61.9 Å². The van der Waals surface area contributed by atoms with Crippen LogP contribution in [-0.2, 0) is 16.6 Å². The molecule has 0 radical (unpaired) electrons. The Morgan fingerprint density at radius 2 is 1.70 bits per heavy atom. The van der Waals surface area contributed by atoms with Gasteiger partial charge in [-0.3, -0.25) is 10.1 Å². The number of carbonyl (C=O) groups excluding carboxylic acids is 2. The molecule has 1 unspecified atom stereocenters. The zero-order valence-corrected chi connectivity index (χ0v) is 26.3. The van der Waals surface area contributed by atoms with E-state index in [1.165, 1.54) is 0 Å². The van der Waals surface area contributed by atoms with Crippen LogP contribution in [0.3, 0.4) is 0 Å². The number of rotatable bonds is 9. The minimum atomic E-state index is -0.378. The molecule has 2 amide bonds. The maximum Gasteiger partial charge on any atom is 0.324 e. The number of aromatic nitrogens is 2. The first-order chi connectivity index (χ1) is 21.1. The van der Waals surface area contributed by atoms with Gasteiger partial charge in [-0.1, -0.05) is 62.7 Å². The molecule has 1 aromatic heterocycles. The molecule has 1 saturated heterocycles. The topological polar surface area (TPSA) is 97.3 Å². The molecule has 230 valence electrons. The summed E-state index contributed by atoms with van der Waals surface area (Å²) in [4.78, 5) is 27.2. The molecule has 1 aliphatic rings. The number of nitrogens with zero attached hydrogens (tertiary/aromatic N) is 2. The Bertz CT molecular complexity index is 1600. The Balaban J connectivity index is 1.37. The van der Waals surface area contributed by atoms with Gasteiger partial charge in [0, 0.05) is 29.5 Å². The fraction of sp³-hybridized carbons (Fsp3) is 0.361. The number of hydrogen-bond acceptors (Lipinski definition) is 5. The Hall–Kier alpha value is -4.43. The normalized spacial score (nSPS) is 14.6. The highest BCUT2D eigenvalue weighted by molar-refractivity contribution is 5.99. The second-order valence-corrected chi connectivity index (χ2v) is 12.7. The van der Waals surface area contributed by atoms with Crippen molar-refractivity contribution in [1.29, 1.82) is 0 Å². The van der Waals surface area contributed by atoms with Crippen molar-refractivity contribution in [2.45, 2.75) is 58.3 Å². The summed E-state index contributed by atoms with van der Waals surface area (Å²) < 4.78 is 7.14. The third-order valence-corrected chi connectivity index (χ3v) is 8.22. The number of methoxy groups -OCH3 is 1. The zero-order chi connectivity index (χ0) is 31.3. The number of piperidine rings is 1. The van der Waals surface area contributed by atoms with Crippen LogP contribution in [0.2, 0.25) is 0 Å². The van der Waals surface area contributed by atoms with Crippen molar-refractivity contribution in [1.82, 2.24) is 15.1 Å². The van der Waals surface area contributed by atoms with Gasteiger partial charge in [0.2, 0.25) is 0 Å². The molecule has 0 bridgehead atoms. The molecule has 4 aromatic rings. The maximum absolute atomic E-state index is 13.9. The van der Waals surface area contributed by atoms with Crippen molar-refractivity contribution in [3.8, 4) is 11.4 Å². The summed E-state index contributed by atoms with van der Waals surface area (Å²) in [6, 6.07) is 25.0. The molecule has 2 heterocycles. The summed E-state index contributed by atoms with van der Waals surface area (Å²) in [5.41, 5.74) is 5.17. The van der Waals surface area contributed by atoms with E-state index < -0.39 is 0 Å². The highest BCUT2D eigenvalue weighted by Gasteiger charge is 2.31. The number of benzene rings is 3. The van der Waals surface area contributed by atoms with Crippen LogP contribution in [-0.4, -0.2) is 41.8 Å². The fourth-order valence-corrected chi connectivity index (χ4v) is 5.80. The fourth-order valence-electron chi connectivity index (χ4n) is 5.80. The van der Waals surface area contributed by atoms with Gasteiger partial charge in [-0.05, 0) is 86.3 Å². The van der Waals surface area contributed by atoms with E-state index in [2.05, 4.69) is 36.7 Å². The summed E-state index contributed by atoms with van der Waals surface area (Å²) in [5, 5.41) is 14.2. The second kappa shape index (κ2) is 13.5. The molecule has 8 heteroatoms. The molecule has 1 atom stereocenters. The number of urea groups is 1. The van der Waals surface area contributed by atoms with E-state index in [9.17, 15) is 9.59 Å². The number of hydrogen-bond donors (Lipinski definition) is 3. The van der Waals surface area contributed by atoms with Gasteiger partial charge in [-0.2, -0.15) is 5.10 Å². The summed E-state index contributed by atoms with van der Waals surface area (Å²) >= 11 is 0. The predicted molar refractivity (Wildman–Crippen MR) is 176 cm³/mol. The molecule has 0 spiro atoms. The van der Waals surface area contributed by atoms with E-state index >= 15 is 0 Å². The van der Waals surface area contributed by atoms with Crippen molar-refractivity contribution in [3.63, 3.8) is 0 Å². The lowest BCUT2D eigenvalue weighted by Gasteiger charge is -2.30. The highest BCUT2D eigenvalue weighted by atomic mass is 16.5. The van der Waals surface area contributed by atoms with Gasteiger partial charge in [-0.25, -0.2) is 9.48 Å². The molecule has 0 aliphatic carbocycles. The van der Waals surface area contributed by atoms with Crippen molar-refractivity contribution in [2.75, 3.05) is 30.8 Å². The van der Waals surface area contributed by atoms with E-state index in [1.54, 1.807) is 11.8 Å². The summed E-state index contributed by atoms with van der Waals surface area (Å²) in [6.07, 6.45) is 2.17. The van der Waals surface area contributed by atoms with Gasteiger partial charge >= 0.3 is 6.03 Å². The molecular formula is C36H43N5O3. The number of ketones is 1. The second-order valence-electron chi connectivity index (χ2n) is 12.7. The van der Waals surface area contributed by atoms with Crippen molar-refractivity contribution in [2.24, 2.45) is 5.92 Å². The molecule has 3 N–H and O–H groups in total. The number of Topliss-reactive ketones (excluding diaryl/α,β-unsaturated/α-hetero) is 1. The molecule has 1 aliphatic heterocycles. The molecule has 5 rings (SSSR count). The monoisotopic (exact) mass is 593 g/mol. The van der Waals surface area contributed by atoms with Crippen molar-refractivity contribution < 1.29 is 14.3 Å². The Morgan fingerprint density at radius 3 is 2.41 bits per heavy atom. The van der Waals surface area contributed by atoms with Gasteiger partial charge in [-0.15, -0.1) is 0 Å². The number of carbonyl (C=O) groups is 2. The maximum atomic E-state index is 13.9. The molecule has 3 aromatic carbocycles. The summed E-state index contributed by atoms with van der Waals surface area (Å²) in [5.74, 6) is 1.43. The summed E-state index contributed by atoms with van der Waals surface area (Å²) in [6.45, 7) is 10.1. The van der Waals surface area contributed by atoms with E-state index in [0.717, 1.165) is 59.8 Å². The van der Waals surface area contributed by atoms with Crippen LogP contribution < -0.4 is 20.7 Å². The van der Waals surface area contributed by atoms with E-state index in [4.69, 9.17) is 9.84 Å². The van der Waals surface area contributed by atoms with Crippen LogP contribution in [0.25, 0.3) is 5.69 Å². The third-order valence-electron chi connectivity index (χ3n) is 8.22. The average Bonchev–Trinajstić information content (AvgIpc) is 3.43. The van der Waals surface area contributed by atoms with E-state index in [-0.39, 0.29) is 29.1 Å². The number of nitrogens with one attached hydrogen (secondary N) is 3. The summed E-state index contributed by atoms with van der Waals surface area (Å²) in [7, 11) is 1.63. The lowest BCUT2D eigenvalue weighted by atomic mass is 9.76. The molecule has 1 fully saturated rings. The van der Waals surface area contributed by atoms with Gasteiger partial charge in [0.1, 0.15) is 17.4 Å². The Morgan fingerprint density at radius 1 is 0.977 bits per heavy atom. The minimum Gasteiger partial charge on any atom is -0.497 e.